The standard InChI is InChI=1S/C13H14N2/c1-9-4-5-12-11(6-7-14)8-15(3)13(12)10(9)2/h4-5,8H,6H2,1-3H3. The summed E-state index contributed by atoms with van der Waals surface area (Å²) in [5.74, 6) is 0. The van der Waals surface area contributed by atoms with Crippen molar-refractivity contribution < 1.29 is 0 Å². The first-order chi connectivity index (χ1) is 7.15. The molecule has 0 bridgehead atoms. The van der Waals surface area contributed by atoms with E-state index in [1.54, 1.807) is 0 Å². The highest BCUT2D eigenvalue weighted by molar-refractivity contribution is 5.87. The van der Waals surface area contributed by atoms with E-state index in [0.717, 1.165) is 5.56 Å². The number of nitriles is 1. The molecule has 0 aliphatic rings. The highest BCUT2D eigenvalue weighted by Crippen LogP contribution is 2.26. The summed E-state index contributed by atoms with van der Waals surface area (Å²) in [4.78, 5) is 0. The minimum absolute atomic E-state index is 0.486. The van der Waals surface area contributed by atoms with E-state index in [0.29, 0.717) is 6.42 Å². The molecule has 1 aromatic carbocycles. The Labute approximate surface area is 89.7 Å². The normalized spacial score (nSPS) is 10.5. The third-order valence-electron chi connectivity index (χ3n) is 3.02. The quantitative estimate of drug-likeness (QED) is 0.692. The second kappa shape index (κ2) is 3.43. The van der Waals surface area contributed by atoms with E-state index in [1.807, 2.05) is 7.05 Å². The molecule has 2 aromatic rings. The minimum Gasteiger partial charge on any atom is -0.350 e. The number of aryl methyl sites for hydroxylation is 3. The molecule has 0 aliphatic heterocycles. The smallest absolute Gasteiger partial charge is 0.0670 e. The van der Waals surface area contributed by atoms with Crippen LogP contribution in [0.2, 0.25) is 0 Å². The van der Waals surface area contributed by atoms with Crippen LogP contribution in [0.3, 0.4) is 0 Å². The predicted octanol–water partition coefficient (Wildman–Crippen LogP) is 2.86. The van der Waals surface area contributed by atoms with Gasteiger partial charge in [-0.3, -0.25) is 0 Å². The Bertz CT molecular complexity index is 556. The first-order valence-corrected chi connectivity index (χ1v) is 5.06. The van der Waals surface area contributed by atoms with Crippen molar-refractivity contribution >= 4 is 10.9 Å². The van der Waals surface area contributed by atoms with Gasteiger partial charge in [-0.2, -0.15) is 5.26 Å². The molecule has 2 nitrogen and oxygen atoms in total. The van der Waals surface area contributed by atoms with Gasteiger partial charge in [0.1, 0.15) is 0 Å². The largest absolute Gasteiger partial charge is 0.350 e. The lowest BCUT2D eigenvalue weighted by molar-refractivity contribution is 0.954. The Kier molecular flexibility index (Phi) is 2.24. The zero-order valence-corrected chi connectivity index (χ0v) is 9.33. The molecule has 2 heteroatoms. The summed E-state index contributed by atoms with van der Waals surface area (Å²) in [5.41, 5.74) is 4.98. The fourth-order valence-corrected chi connectivity index (χ4v) is 2.11. The van der Waals surface area contributed by atoms with E-state index in [1.165, 1.54) is 22.0 Å². The molecule has 15 heavy (non-hydrogen) atoms. The third-order valence-corrected chi connectivity index (χ3v) is 3.02. The van der Waals surface area contributed by atoms with Crippen molar-refractivity contribution in [3.8, 4) is 6.07 Å². The van der Waals surface area contributed by atoms with Gasteiger partial charge in [0.2, 0.25) is 0 Å². The van der Waals surface area contributed by atoms with Gasteiger partial charge in [-0.25, -0.2) is 0 Å². The Balaban J connectivity index is 2.81. The van der Waals surface area contributed by atoms with Gasteiger partial charge in [-0.05, 0) is 30.5 Å². The van der Waals surface area contributed by atoms with Crippen LogP contribution >= 0.6 is 0 Å². The van der Waals surface area contributed by atoms with E-state index in [-0.39, 0.29) is 0 Å². The van der Waals surface area contributed by atoms with Gasteiger partial charge in [0.25, 0.3) is 0 Å². The second-order valence-electron chi connectivity index (χ2n) is 4.00. The fraction of sp³-hybridized carbons (Fsp3) is 0.308. The van der Waals surface area contributed by atoms with Crippen LogP contribution in [-0.2, 0) is 13.5 Å². The second-order valence-corrected chi connectivity index (χ2v) is 4.00. The number of benzene rings is 1. The maximum atomic E-state index is 8.75. The molecular formula is C13H14N2. The summed E-state index contributed by atoms with van der Waals surface area (Å²) in [5, 5.41) is 9.96. The minimum atomic E-state index is 0.486. The van der Waals surface area contributed by atoms with E-state index in [9.17, 15) is 0 Å². The lowest BCUT2D eigenvalue weighted by atomic mass is 10.0. The van der Waals surface area contributed by atoms with Gasteiger partial charge in [-0.1, -0.05) is 12.1 Å². The van der Waals surface area contributed by atoms with Crippen LogP contribution in [0, 0.1) is 25.2 Å². The number of nitrogens with zero attached hydrogens (tertiary/aromatic N) is 2. The zero-order valence-electron chi connectivity index (χ0n) is 9.33. The molecule has 0 unspecified atom stereocenters. The molecule has 0 amide bonds. The molecule has 0 radical (unpaired) electrons. The van der Waals surface area contributed by atoms with Crippen molar-refractivity contribution in [3.05, 3.63) is 35.0 Å². The van der Waals surface area contributed by atoms with E-state index in [4.69, 9.17) is 5.26 Å². The lowest BCUT2D eigenvalue weighted by Gasteiger charge is -2.04. The monoisotopic (exact) mass is 198 g/mol. The highest BCUT2D eigenvalue weighted by Gasteiger charge is 2.09. The third kappa shape index (κ3) is 1.41. The fourth-order valence-electron chi connectivity index (χ4n) is 2.11. The van der Waals surface area contributed by atoms with Gasteiger partial charge >= 0.3 is 0 Å². The molecule has 1 aromatic heterocycles. The van der Waals surface area contributed by atoms with Gasteiger partial charge in [-0.15, -0.1) is 0 Å². The molecular weight excluding hydrogens is 184 g/mol. The van der Waals surface area contributed by atoms with Crippen molar-refractivity contribution in [1.29, 1.82) is 5.26 Å². The zero-order chi connectivity index (χ0) is 11.0. The topological polar surface area (TPSA) is 28.7 Å². The van der Waals surface area contributed by atoms with Crippen molar-refractivity contribution in [1.82, 2.24) is 4.57 Å². The number of hydrogen-bond donors (Lipinski definition) is 0. The highest BCUT2D eigenvalue weighted by atomic mass is 14.9. The molecule has 0 N–H and O–H groups in total. The molecule has 0 spiro atoms. The van der Waals surface area contributed by atoms with Gasteiger partial charge < -0.3 is 4.57 Å². The summed E-state index contributed by atoms with van der Waals surface area (Å²) < 4.78 is 2.12. The van der Waals surface area contributed by atoms with Crippen LogP contribution in [0.25, 0.3) is 10.9 Å². The molecule has 0 saturated heterocycles. The SMILES string of the molecule is Cc1ccc2c(CC#N)cn(C)c2c1C. The van der Waals surface area contributed by atoms with Crippen molar-refractivity contribution in [2.45, 2.75) is 20.3 Å². The van der Waals surface area contributed by atoms with Crippen LogP contribution in [0.1, 0.15) is 16.7 Å². The average molecular weight is 198 g/mol. The molecule has 0 saturated carbocycles. The van der Waals surface area contributed by atoms with Gasteiger partial charge in [0.05, 0.1) is 18.0 Å². The van der Waals surface area contributed by atoms with Crippen LogP contribution in [0.4, 0.5) is 0 Å². The summed E-state index contributed by atoms with van der Waals surface area (Å²) in [6.45, 7) is 4.25. The molecule has 76 valence electrons. The van der Waals surface area contributed by atoms with Crippen LogP contribution in [0.5, 0.6) is 0 Å². The van der Waals surface area contributed by atoms with Gasteiger partial charge in [0.15, 0.2) is 0 Å². The van der Waals surface area contributed by atoms with Crippen LogP contribution in [0.15, 0.2) is 18.3 Å². The van der Waals surface area contributed by atoms with Crippen molar-refractivity contribution in [2.75, 3.05) is 0 Å². The van der Waals surface area contributed by atoms with Crippen molar-refractivity contribution in [2.24, 2.45) is 7.05 Å². The lowest BCUT2D eigenvalue weighted by Crippen LogP contribution is -1.89. The first-order valence-electron chi connectivity index (χ1n) is 5.06. The molecule has 1 heterocycles. The Morgan fingerprint density at radius 3 is 2.73 bits per heavy atom. The van der Waals surface area contributed by atoms with Crippen molar-refractivity contribution in [3.63, 3.8) is 0 Å². The Morgan fingerprint density at radius 1 is 1.33 bits per heavy atom. The summed E-state index contributed by atoms with van der Waals surface area (Å²) >= 11 is 0. The molecule has 0 fully saturated rings. The van der Waals surface area contributed by atoms with E-state index >= 15 is 0 Å². The summed E-state index contributed by atoms with van der Waals surface area (Å²) in [7, 11) is 2.04. The molecule has 0 aliphatic carbocycles. The number of fused-ring (bicyclic) bond motifs is 1. The van der Waals surface area contributed by atoms with E-state index < -0.39 is 0 Å². The van der Waals surface area contributed by atoms with Crippen LogP contribution in [-0.4, -0.2) is 4.57 Å². The van der Waals surface area contributed by atoms with E-state index in [2.05, 4.69) is 42.8 Å². The number of aromatic nitrogens is 1. The Morgan fingerprint density at radius 2 is 2.07 bits per heavy atom. The summed E-state index contributed by atoms with van der Waals surface area (Å²) in [6.07, 6.45) is 2.54. The maximum Gasteiger partial charge on any atom is 0.0670 e. The average Bonchev–Trinajstić information content (AvgIpc) is 2.51. The number of hydrogen-bond acceptors (Lipinski definition) is 1. The number of rotatable bonds is 1. The maximum absolute atomic E-state index is 8.75. The Hall–Kier alpha value is -1.75. The van der Waals surface area contributed by atoms with Gasteiger partial charge in [0, 0.05) is 18.6 Å². The van der Waals surface area contributed by atoms with Crippen LogP contribution < -0.4 is 0 Å². The predicted molar refractivity (Wildman–Crippen MR) is 61.7 cm³/mol. The molecule has 0 atom stereocenters. The molecule has 2 rings (SSSR count). The summed E-state index contributed by atoms with van der Waals surface area (Å²) in [6, 6.07) is 6.45. The first kappa shape index (κ1) is 9.79.